The van der Waals surface area contributed by atoms with E-state index >= 15 is 0 Å². The second-order valence-electron chi connectivity index (χ2n) is 8.68. The predicted molar refractivity (Wildman–Crippen MR) is 131 cm³/mol. The molecule has 0 aliphatic carbocycles. The van der Waals surface area contributed by atoms with Crippen molar-refractivity contribution in [3.8, 4) is 0 Å². The van der Waals surface area contributed by atoms with E-state index in [1.165, 1.54) is 12.1 Å². The second kappa shape index (κ2) is 8.90. The first-order valence-electron chi connectivity index (χ1n) is 10.5. The lowest BCUT2D eigenvalue weighted by Gasteiger charge is -2.32. The number of halogens is 1. The van der Waals surface area contributed by atoms with Gasteiger partial charge in [0.25, 0.3) is 15.9 Å². The standard InChI is InChI=1S/C23H24ClN3O5S2/c1-14-9-11-15(12-10-14)34(30,31)27-19(16-7-5-6-8-17(16)24)18(25-21(27)33-4)20(28)26-22(29)32-13-23(26,2)3/h5-12,18-19H,13H2,1-4H3/t18-,19+/m0/s1. The van der Waals surface area contributed by atoms with Crippen LogP contribution < -0.4 is 0 Å². The number of amidine groups is 1. The molecule has 2 atom stereocenters. The first-order valence-corrected chi connectivity index (χ1v) is 13.5. The van der Waals surface area contributed by atoms with Gasteiger partial charge in [0, 0.05) is 5.02 Å². The number of cyclic esters (lactones) is 1. The average molecular weight is 522 g/mol. The maximum absolute atomic E-state index is 13.9. The van der Waals surface area contributed by atoms with Crippen LogP contribution >= 0.6 is 23.4 Å². The molecule has 2 amide bonds. The lowest BCUT2D eigenvalue weighted by atomic mass is 9.97. The first-order chi connectivity index (χ1) is 16.0. The van der Waals surface area contributed by atoms with Crippen LogP contribution in [-0.2, 0) is 19.6 Å². The topological polar surface area (TPSA) is 96.3 Å². The highest BCUT2D eigenvalue weighted by atomic mass is 35.5. The Balaban J connectivity index is 1.88. The largest absolute Gasteiger partial charge is 0.447 e. The Morgan fingerprint density at radius 1 is 1.18 bits per heavy atom. The zero-order valence-electron chi connectivity index (χ0n) is 19.1. The van der Waals surface area contributed by atoms with Crippen LogP contribution in [0.3, 0.4) is 0 Å². The van der Waals surface area contributed by atoms with Crippen molar-refractivity contribution in [1.82, 2.24) is 9.21 Å². The van der Waals surface area contributed by atoms with Crippen LogP contribution in [0.4, 0.5) is 4.79 Å². The maximum Gasteiger partial charge on any atom is 0.417 e. The van der Waals surface area contributed by atoms with Crippen LogP contribution in [0.1, 0.15) is 31.0 Å². The second-order valence-corrected chi connectivity index (χ2v) is 11.7. The molecule has 11 heteroatoms. The van der Waals surface area contributed by atoms with E-state index in [0.717, 1.165) is 26.5 Å². The summed E-state index contributed by atoms with van der Waals surface area (Å²) in [6.07, 6.45) is 0.898. The van der Waals surface area contributed by atoms with Crippen molar-refractivity contribution >= 4 is 50.6 Å². The van der Waals surface area contributed by atoms with Crippen molar-refractivity contribution in [1.29, 1.82) is 0 Å². The van der Waals surface area contributed by atoms with Crippen molar-refractivity contribution in [2.75, 3.05) is 12.9 Å². The molecule has 0 saturated carbocycles. The summed E-state index contributed by atoms with van der Waals surface area (Å²) in [7, 11) is -4.13. The summed E-state index contributed by atoms with van der Waals surface area (Å²) in [6.45, 7) is 5.30. The lowest BCUT2D eigenvalue weighted by molar-refractivity contribution is -0.132. The van der Waals surface area contributed by atoms with Gasteiger partial charge in [-0.25, -0.2) is 27.4 Å². The molecule has 2 aromatic carbocycles. The number of thioether (sulfide) groups is 1. The zero-order valence-corrected chi connectivity index (χ0v) is 21.4. The molecule has 8 nitrogen and oxygen atoms in total. The number of hydrogen-bond acceptors (Lipinski definition) is 7. The number of sulfonamides is 1. The number of carbonyl (C=O) groups excluding carboxylic acids is 2. The third-order valence-corrected chi connectivity index (χ3v) is 8.70. The monoisotopic (exact) mass is 521 g/mol. The average Bonchev–Trinajstić information content (AvgIpc) is 3.31. The highest BCUT2D eigenvalue weighted by Gasteiger charge is 2.53. The van der Waals surface area contributed by atoms with Crippen molar-refractivity contribution in [2.24, 2.45) is 4.99 Å². The van der Waals surface area contributed by atoms with Crippen molar-refractivity contribution in [3.63, 3.8) is 0 Å². The van der Waals surface area contributed by atoms with Crippen molar-refractivity contribution < 1.29 is 22.7 Å². The summed E-state index contributed by atoms with van der Waals surface area (Å²) in [4.78, 5) is 31.8. The molecule has 0 bridgehead atoms. The summed E-state index contributed by atoms with van der Waals surface area (Å²) in [5.41, 5.74) is 0.415. The molecule has 2 aliphatic heterocycles. The molecular weight excluding hydrogens is 498 g/mol. The molecule has 1 fully saturated rings. The number of benzene rings is 2. The van der Waals surface area contributed by atoms with Gasteiger partial charge in [0.2, 0.25) is 0 Å². The molecule has 0 radical (unpaired) electrons. The number of aryl methyl sites for hydroxylation is 1. The Labute approximate surface area is 208 Å². The number of hydrogen-bond donors (Lipinski definition) is 0. The van der Waals surface area contributed by atoms with Crippen LogP contribution in [0.2, 0.25) is 5.02 Å². The van der Waals surface area contributed by atoms with Gasteiger partial charge >= 0.3 is 6.09 Å². The van der Waals surface area contributed by atoms with Crippen LogP contribution in [0, 0.1) is 6.92 Å². The van der Waals surface area contributed by atoms with E-state index in [2.05, 4.69) is 4.99 Å². The predicted octanol–water partition coefficient (Wildman–Crippen LogP) is 4.24. The van der Waals surface area contributed by atoms with Gasteiger partial charge in [-0.15, -0.1) is 0 Å². The number of aliphatic imine (C=N–C) groups is 1. The zero-order chi connectivity index (χ0) is 24.8. The Morgan fingerprint density at radius 2 is 1.82 bits per heavy atom. The smallest absolute Gasteiger partial charge is 0.417 e. The van der Waals surface area contributed by atoms with Crippen LogP contribution in [0.15, 0.2) is 58.4 Å². The summed E-state index contributed by atoms with van der Waals surface area (Å²) in [5.74, 6) is -0.648. The van der Waals surface area contributed by atoms with Crippen molar-refractivity contribution in [3.05, 3.63) is 64.7 Å². The molecule has 0 spiro atoms. The van der Waals surface area contributed by atoms with E-state index in [9.17, 15) is 18.0 Å². The molecule has 2 aromatic rings. The third-order valence-electron chi connectivity index (χ3n) is 5.78. The molecule has 34 heavy (non-hydrogen) atoms. The fraction of sp³-hybridized carbons (Fsp3) is 0.348. The minimum atomic E-state index is -4.13. The Bertz CT molecular complexity index is 1280. The van der Waals surface area contributed by atoms with Crippen LogP contribution in [-0.4, -0.2) is 59.2 Å². The van der Waals surface area contributed by atoms with Gasteiger partial charge < -0.3 is 4.74 Å². The molecule has 0 aromatic heterocycles. The summed E-state index contributed by atoms with van der Waals surface area (Å²) in [5, 5.41) is 0.421. The van der Waals surface area contributed by atoms with Gasteiger partial charge in [-0.2, -0.15) is 0 Å². The van der Waals surface area contributed by atoms with Crippen LogP contribution in [0.25, 0.3) is 0 Å². The number of nitrogens with zero attached hydrogens (tertiary/aromatic N) is 3. The number of ether oxygens (including phenoxy) is 1. The van der Waals surface area contributed by atoms with Gasteiger partial charge in [0.1, 0.15) is 12.6 Å². The number of rotatable bonds is 4. The molecule has 0 unspecified atom stereocenters. The Hall–Kier alpha value is -2.56. The van der Waals surface area contributed by atoms with E-state index < -0.39 is 39.6 Å². The van der Waals surface area contributed by atoms with Gasteiger partial charge in [-0.05, 0) is 50.8 Å². The SMILES string of the molecule is CSC1=N[C@H](C(=O)N2C(=O)OCC2(C)C)[C@@H](c2ccccc2Cl)N1S(=O)(=O)c1ccc(C)cc1. The summed E-state index contributed by atoms with van der Waals surface area (Å²) in [6, 6.07) is 10.8. The van der Waals surface area contributed by atoms with Crippen molar-refractivity contribution in [2.45, 2.75) is 43.3 Å². The number of amides is 2. The van der Waals surface area contributed by atoms with Crippen LogP contribution in [0.5, 0.6) is 0 Å². The molecule has 2 heterocycles. The minimum Gasteiger partial charge on any atom is -0.447 e. The molecule has 2 aliphatic rings. The minimum absolute atomic E-state index is 0.0333. The Kier molecular flexibility index (Phi) is 6.43. The fourth-order valence-electron chi connectivity index (χ4n) is 4.05. The van der Waals surface area contributed by atoms with Gasteiger partial charge in [0.15, 0.2) is 11.2 Å². The molecule has 1 saturated heterocycles. The first kappa shape index (κ1) is 24.6. The van der Waals surface area contributed by atoms with E-state index in [1.54, 1.807) is 56.5 Å². The third kappa shape index (κ3) is 4.08. The summed E-state index contributed by atoms with van der Waals surface area (Å²) >= 11 is 7.60. The highest BCUT2D eigenvalue weighted by Crippen LogP contribution is 2.43. The highest BCUT2D eigenvalue weighted by molar-refractivity contribution is 8.14. The Morgan fingerprint density at radius 3 is 2.38 bits per heavy atom. The van der Waals surface area contributed by atoms with E-state index in [-0.39, 0.29) is 21.7 Å². The van der Waals surface area contributed by atoms with Gasteiger partial charge in [-0.1, -0.05) is 59.3 Å². The van der Waals surface area contributed by atoms with E-state index in [1.807, 2.05) is 6.92 Å². The lowest BCUT2D eigenvalue weighted by Crippen LogP contribution is -2.51. The normalized spacial score (nSPS) is 22.0. The number of carbonyl (C=O) groups is 2. The van der Waals surface area contributed by atoms with E-state index in [4.69, 9.17) is 16.3 Å². The number of imide groups is 1. The maximum atomic E-state index is 13.9. The van der Waals surface area contributed by atoms with Gasteiger partial charge in [-0.3, -0.25) is 4.79 Å². The van der Waals surface area contributed by atoms with Gasteiger partial charge in [0.05, 0.1) is 10.4 Å². The quantitative estimate of drug-likeness (QED) is 0.597. The molecule has 0 N–H and O–H groups in total. The molecule has 4 rings (SSSR count). The van der Waals surface area contributed by atoms with E-state index in [0.29, 0.717) is 5.56 Å². The fourth-order valence-corrected chi connectivity index (χ4v) is 6.82. The molecule has 180 valence electrons. The summed E-state index contributed by atoms with van der Waals surface area (Å²) < 4.78 is 34.0. The molecular formula is C23H24ClN3O5S2.